The molecule has 0 unspecified atom stereocenters. The van der Waals surface area contributed by atoms with Gasteiger partial charge in [-0.3, -0.25) is 9.52 Å². The SMILES string of the molecule is CSc1ccc(CN(C)C(=O)c2ccc(C)c(NS(=O)(=O)c3ccccc3)c2)cc1. The molecular formula is C23H24N2O3S2. The fourth-order valence-electron chi connectivity index (χ4n) is 2.97. The van der Waals surface area contributed by atoms with E-state index in [0.717, 1.165) is 11.1 Å². The molecular weight excluding hydrogens is 416 g/mol. The predicted molar refractivity (Wildman–Crippen MR) is 122 cm³/mol. The van der Waals surface area contributed by atoms with Crippen molar-refractivity contribution in [3.8, 4) is 0 Å². The van der Waals surface area contributed by atoms with Crippen LogP contribution in [-0.4, -0.2) is 32.5 Å². The second kappa shape index (κ2) is 9.36. The summed E-state index contributed by atoms with van der Waals surface area (Å²) in [6, 6.07) is 21.3. The zero-order chi connectivity index (χ0) is 21.7. The minimum Gasteiger partial charge on any atom is -0.337 e. The van der Waals surface area contributed by atoms with E-state index in [1.165, 1.54) is 17.0 Å². The molecule has 0 radical (unpaired) electrons. The highest BCUT2D eigenvalue weighted by molar-refractivity contribution is 7.98. The third kappa shape index (κ3) is 5.23. The van der Waals surface area contributed by atoms with Crippen molar-refractivity contribution < 1.29 is 13.2 Å². The topological polar surface area (TPSA) is 66.5 Å². The molecule has 3 rings (SSSR count). The Morgan fingerprint density at radius 2 is 1.67 bits per heavy atom. The van der Waals surface area contributed by atoms with Crippen LogP contribution in [0.25, 0.3) is 0 Å². The number of sulfonamides is 1. The van der Waals surface area contributed by atoms with E-state index in [-0.39, 0.29) is 10.8 Å². The lowest BCUT2D eigenvalue weighted by Crippen LogP contribution is -2.26. The number of nitrogens with one attached hydrogen (secondary N) is 1. The van der Waals surface area contributed by atoms with Gasteiger partial charge >= 0.3 is 0 Å². The van der Waals surface area contributed by atoms with Crippen LogP contribution in [0.15, 0.2) is 82.6 Å². The van der Waals surface area contributed by atoms with Gasteiger partial charge in [-0.2, -0.15) is 0 Å². The van der Waals surface area contributed by atoms with Crippen LogP contribution >= 0.6 is 11.8 Å². The van der Waals surface area contributed by atoms with Gasteiger partial charge in [0.05, 0.1) is 10.6 Å². The van der Waals surface area contributed by atoms with Gasteiger partial charge in [-0.25, -0.2) is 8.42 Å². The lowest BCUT2D eigenvalue weighted by Gasteiger charge is -2.19. The summed E-state index contributed by atoms with van der Waals surface area (Å²) < 4.78 is 27.9. The third-order valence-corrected chi connectivity index (χ3v) is 6.83. The van der Waals surface area contributed by atoms with E-state index in [1.54, 1.807) is 67.0 Å². The first-order valence-electron chi connectivity index (χ1n) is 9.37. The Bertz CT molecular complexity index is 1130. The molecule has 0 aliphatic heterocycles. The molecule has 1 N–H and O–H groups in total. The Morgan fingerprint density at radius 1 is 1.00 bits per heavy atom. The molecule has 30 heavy (non-hydrogen) atoms. The fraction of sp³-hybridized carbons (Fsp3) is 0.174. The average molecular weight is 441 g/mol. The number of hydrogen-bond donors (Lipinski definition) is 1. The molecule has 0 aliphatic carbocycles. The standard InChI is InChI=1S/C23H24N2O3S2/c1-17-9-12-19(15-22(17)24-30(27,28)21-7-5-4-6-8-21)23(26)25(2)16-18-10-13-20(29-3)14-11-18/h4-15,24H,16H2,1-3H3. The van der Waals surface area contributed by atoms with E-state index in [2.05, 4.69) is 4.72 Å². The van der Waals surface area contributed by atoms with Gasteiger partial charge in [0.15, 0.2) is 0 Å². The summed E-state index contributed by atoms with van der Waals surface area (Å²) in [7, 11) is -2.00. The molecule has 7 heteroatoms. The summed E-state index contributed by atoms with van der Waals surface area (Å²) >= 11 is 1.67. The summed E-state index contributed by atoms with van der Waals surface area (Å²) in [4.78, 5) is 15.9. The minimum absolute atomic E-state index is 0.173. The highest BCUT2D eigenvalue weighted by Crippen LogP contribution is 2.22. The number of carbonyl (C=O) groups is 1. The molecule has 0 aromatic heterocycles. The Labute approximate surface area is 182 Å². The molecule has 1 amide bonds. The van der Waals surface area contributed by atoms with Gasteiger partial charge in [-0.1, -0.05) is 36.4 Å². The minimum atomic E-state index is -3.73. The molecule has 0 aliphatic rings. The normalized spacial score (nSPS) is 11.2. The van der Waals surface area contributed by atoms with E-state index in [9.17, 15) is 13.2 Å². The van der Waals surface area contributed by atoms with Gasteiger partial charge in [0, 0.05) is 24.1 Å². The molecule has 0 atom stereocenters. The number of carbonyl (C=O) groups excluding carboxylic acids is 1. The number of nitrogens with zero attached hydrogens (tertiary/aromatic N) is 1. The molecule has 0 saturated heterocycles. The third-order valence-electron chi connectivity index (χ3n) is 4.71. The first-order valence-corrected chi connectivity index (χ1v) is 12.1. The molecule has 3 aromatic carbocycles. The number of aryl methyl sites for hydroxylation is 1. The van der Waals surface area contributed by atoms with Crippen molar-refractivity contribution in [2.45, 2.75) is 23.3 Å². The first kappa shape index (κ1) is 21.9. The van der Waals surface area contributed by atoms with E-state index in [0.29, 0.717) is 17.8 Å². The number of benzene rings is 3. The van der Waals surface area contributed by atoms with Crippen LogP contribution in [0.5, 0.6) is 0 Å². The van der Waals surface area contributed by atoms with Gasteiger partial charge < -0.3 is 4.90 Å². The van der Waals surface area contributed by atoms with Crippen LogP contribution in [0, 0.1) is 6.92 Å². The number of anilines is 1. The highest BCUT2D eigenvalue weighted by atomic mass is 32.2. The second-order valence-corrected chi connectivity index (χ2v) is 9.52. The Kier molecular flexibility index (Phi) is 6.84. The first-order chi connectivity index (χ1) is 14.3. The van der Waals surface area contributed by atoms with E-state index >= 15 is 0 Å². The zero-order valence-electron chi connectivity index (χ0n) is 17.1. The average Bonchev–Trinajstić information content (AvgIpc) is 2.75. The summed E-state index contributed by atoms with van der Waals surface area (Å²) in [5, 5.41) is 0. The van der Waals surface area contributed by atoms with Crippen LogP contribution < -0.4 is 4.72 Å². The molecule has 0 fully saturated rings. The Morgan fingerprint density at radius 3 is 2.30 bits per heavy atom. The molecule has 0 spiro atoms. The smallest absolute Gasteiger partial charge is 0.261 e. The van der Waals surface area contributed by atoms with Crippen LogP contribution in [0.1, 0.15) is 21.5 Å². The number of amides is 1. The summed E-state index contributed by atoms with van der Waals surface area (Å²) in [6.07, 6.45) is 2.02. The van der Waals surface area contributed by atoms with Gasteiger partial charge in [0.1, 0.15) is 0 Å². The van der Waals surface area contributed by atoms with Gasteiger partial charge in [-0.15, -0.1) is 11.8 Å². The summed E-state index contributed by atoms with van der Waals surface area (Å²) in [6.45, 7) is 2.26. The Hall–Kier alpha value is -2.77. The van der Waals surface area contributed by atoms with Crippen molar-refractivity contribution in [2.24, 2.45) is 0 Å². The lowest BCUT2D eigenvalue weighted by atomic mass is 10.1. The van der Waals surface area contributed by atoms with E-state index in [4.69, 9.17) is 0 Å². The number of thioether (sulfide) groups is 1. The van der Waals surface area contributed by atoms with Gasteiger partial charge in [0.2, 0.25) is 0 Å². The van der Waals surface area contributed by atoms with Crippen molar-refractivity contribution in [2.75, 3.05) is 18.0 Å². The molecule has 0 saturated carbocycles. The highest BCUT2D eigenvalue weighted by Gasteiger charge is 2.18. The van der Waals surface area contributed by atoms with E-state index in [1.807, 2.05) is 30.5 Å². The summed E-state index contributed by atoms with van der Waals surface area (Å²) in [5.41, 5.74) is 2.58. The lowest BCUT2D eigenvalue weighted by molar-refractivity contribution is 0.0785. The van der Waals surface area contributed by atoms with Crippen molar-refractivity contribution in [1.29, 1.82) is 0 Å². The van der Waals surface area contributed by atoms with Crippen molar-refractivity contribution in [3.05, 3.63) is 89.5 Å². The van der Waals surface area contributed by atoms with Gasteiger partial charge in [0.25, 0.3) is 15.9 Å². The fourth-order valence-corrected chi connectivity index (χ4v) is 4.52. The second-order valence-electron chi connectivity index (χ2n) is 6.96. The predicted octanol–water partition coefficient (Wildman–Crippen LogP) is 4.79. The molecule has 0 heterocycles. The summed E-state index contributed by atoms with van der Waals surface area (Å²) in [5.74, 6) is -0.177. The van der Waals surface area contributed by atoms with Crippen LogP contribution in [0.3, 0.4) is 0 Å². The number of rotatable bonds is 7. The van der Waals surface area contributed by atoms with Crippen molar-refractivity contribution in [3.63, 3.8) is 0 Å². The molecule has 0 bridgehead atoms. The van der Waals surface area contributed by atoms with Crippen LogP contribution in [-0.2, 0) is 16.6 Å². The van der Waals surface area contributed by atoms with E-state index < -0.39 is 10.0 Å². The number of hydrogen-bond acceptors (Lipinski definition) is 4. The van der Waals surface area contributed by atoms with Crippen LogP contribution in [0.2, 0.25) is 0 Å². The largest absolute Gasteiger partial charge is 0.337 e. The maximum atomic E-state index is 12.9. The monoisotopic (exact) mass is 440 g/mol. The van der Waals surface area contributed by atoms with Crippen LogP contribution in [0.4, 0.5) is 5.69 Å². The zero-order valence-corrected chi connectivity index (χ0v) is 18.8. The maximum Gasteiger partial charge on any atom is 0.261 e. The quantitative estimate of drug-likeness (QED) is 0.537. The van der Waals surface area contributed by atoms with Crippen molar-refractivity contribution in [1.82, 2.24) is 4.90 Å². The van der Waals surface area contributed by atoms with Gasteiger partial charge in [-0.05, 0) is 60.7 Å². The maximum absolute atomic E-state index is 12.9. The molecule has 156 valence electrons. The molecule has 5 nitrogen and oxygen atoms in total. The molecule has 3 aromatic rings. The Balaban J connectivity index is 1.78. The van der Waals surface area contributed by atoms with Crippen molar-refractivity contribution >= 4 is 33.4 Å².